The van der Waals surface area contributed by atoms with Gasteiger partial charge in [-0.25, -0.2) is 0 Å². The largest absolute Gasteiger partial charge is 0.491 e. The normalized spacial score (nSPS) is 10.0. The van der Waals surface area contributed by atoms with Gasteiger partial charge < -0.3 is 18.9 Å². The third-order valence-electron chi connectivity index (χ3n) is 3.55. The summed E-state index contributed by atoms with van der Waals surface area (Å²) in [6.07, 6.45) is 0. The summed E-state index contributed by atoms with van der Waals surface area (Å²) in [5.41, 5.74) is 0.629. The molecule has 0 heterocycles. The van der Waals surface area contributed by atoms with Gasteiger partial charge in [-0.05, 0) is 48.5 Å². The molecule has 2 aromatic carbocycles. The van der Waals surface area contributed by atoms with Crippen LogP contribution in [0.25, 0.3) is 0 Å². The SMILES string of the molecule is C.COCCOc1ccc(C(=O)C(=O)c2ccc(OCCOC)cc2)cc1. The first-order chi connectivity index (χ1) is 12.7. The van der Waals surface area contributed by atoms with Crippen molar-refractivity contribution in [2.75, 3.05) is 40.6 Å². The van der Waals surface area contributed by atoms with E-state index in [1.165, 1.54) is 0 Å². The quantitative estimate of drug-likeness (QED) is 0.341. The number of hydrogen-bond acceptors (Lipinski definition) is 6. The lowest BCUT2D eigenvalue weighted by Gasteiger charge is -2.07. The minimum Gasteiger partial charge on any atom is -0.491 e. The molecule has 0 radical (unpaired) electrons. The molecule has 0 saturated heterocycles. The van der Waals surface area contributed by atoms with Gasteiger partial charge in [0.2, 0.25) is 11.6 Å². The number of ether oxygens (including phenoxy) is 4. The first kappa shape index (κ1) is 22.3. The van der Waals surface area contributed by atoms with Gasteiger partial charge in [-0.1, -0.05) is 7.43 Å². The molecule has 0 bridgehead atoms. The van der Waals surface area contributed by atoms with Crippen LogP contribution < -0.4 is 9.47 Å². The third-order valence-corrected chi connectivity index (χ3v) is 3.55. The number of methoxy groups -OCH3 is 2. The Morgan fingerprint density at radius 2 is 0.963 bits per heavy atom. The Labute approximate surface area is 160 Å². The zero-order valence-corrected chi connectivity index (χ0v) is 14.9. The highest BCUT2D eigenvalue weighted by Crippen LogP contribution is 2.16. The predicted octanol–water partition coefficient (Wildman–Crippen LogP) is 3.44. The highest BCUT2D eigenvalue weighted by molar-refractivity contribution is 6.49. The van der Waals surface area contributed by atoms with Crippen LogP contribution in [-0.2, 0) is 9.47 Å². The van der Waals surface area contributed by atoms with Crippen molar-refractivity contribution < 1.29 is 28.5 Å². The van der Waals surface area contributed by atoms with E-state index in [-0.39, 0.29) is 7.43 Å². The van der Waals surface area contributed by atoms with Crippen LogP contribution in [0.15, 0.2) is 48.5 Å². The fourth-order valence-electron chi connectivity index (χ4n) is 2.15. The topological polar surface area (TPSA) is 71.1 Å². The molecule has 0 aromatic heterocycles. The summed E-state index contributed by atoms with van der Waals surface area (Å²) in [6, 6.07) is 12.9. The van der Waals surface area contributed by atoms with Gasteiger partial charge in [0, 0.05) is 25.3 Å². The molecule has 2 aromatic rings. The Morgan fingerprint density at radius 3 is 1.26 bits per heavy atom. The van der Waals surface area contributed by atoms with Crippen molar-refractivity contribution >= 4 is 11.6 Å². The summed E-state index contributed by atoms with van der Waals surface area (Å²) in [5, 5.41) is 0. The maximum absolute atomic E-state index is 12.4. The zero-order valence-electron chi connectivity index (χ0n) is 14.9. The lowest BCUT2D eigenvalue weighted by atomic mass is 10.0. The average Bonchev–Trinajstić information content (AvgIpc) is 2.68. The number of ketones is 2. The monoisotopic (exact) mass is 374 g/mol. The minimum absolute atomic E-state index is 0. The molecule has 6 nitrogen and oxygen atoms in total. The molecule has 0 saturated carbocycles. The molecule has 0 aliphatic heterocycles. The fourth-order valence-corrected chi connectivity index (χ4v) is 2.15. The van der Waals surface area contributed by atoms with E-state index in [4.69, 9.17) is 18.9 Å². The molecule has 27 heavy (non-hydrogen) atoms. The molecule has 0 fully saturated rings. The van der Waals surface area contributed by atoms with Crippen molar-refractivity contribution in [1.82, 2.24) is 0 Å². The van der Waals surface area contributed by atoms with E-state index in [2.05, 4.69) is 0 Å². The Kier molecular flexibility index (Phi) is 9.79. The number of Topliss-reactive ketones (excluding diaryl/α,β-unsaturated/α-hetero) is 2. The zero-order chi connectivity index (χ0) is 18.8. The maximum Gasteiger partial charge on any atom is 0.233 e. The summed E-state index contributed by atoms with van der Waals surface area (Å²) < 4.78 is 20.7. The van der Waals surface area contributed by atoms with Gasteiger partial charge in [0.15, 0.2) is 0 Å². The second kappa shape index (κ2) is 11.8. The first-order valence-corrected chi connectivity index (χ1v) is 8.18. The van der Waals surface area contributed by atoms with E-state index < -0.39 is 11.6 Å². The Bertz CT molecular complexity index is 643. The van der Waals surface area contributed by atoms with E-state index in [9.17, 15) is 9.59 Å². The average molecular weight is 374 g/mol. The van der Waals surface area contributed by atoms with Gasteiger partial charge in [0.25, 0.3) is 0 Å². The van der Waals surface area contributed by atoms with Gasteiger partial charge in [-0.3, -0.25) is 9.59 Å². The van der Waals surface area contributed by atoms with Crippen molar-refractivity contribution in [3.8, 4) is 11.5 Å². The van der Waals surface area contributed by atoms with Crippen molar-refractivity contribution in [3.05, 3.63) is 59.7 Å². The Morgan fingerprint density at radius 1 is 0.630 bits per heavy atom. The van der Waals surface area contributed by atoms with E-state index in [0.29, 0.717) is 49.1 Å². The highest BCUT2D eigenvalue weighted by Gasteiger charge is 2.18. The number of carbonyl (C=O) groups is 2. The highest BCUT2D eigenvalue weighted by atomic mass is 16.5. The smallest absolute Gasteiger partial charge is 0.233 e. The number of benzene rings is 2. The lowest BCUT2D eigenvalue weighted by Crippen LogP contribution is -2.14. The second-order valence-electron chi connectivity index (χ2n) is 5.39. The Balaban J connectivity index is 0.00000364. The Hall–Kier alpha value is -2.70. The van der Waals surface area contributed by atoms with Crippen LogP contribution in [0.1, 0.15) is 28.1 Å². The molecule has 0 spiro atoms. The molecule has 0 aliphatic carbocycles. The molecule has 0 amide bonds. The molecular weight excluding hydrogens is 348 g/mol. The van der Waals surface area contributed by atoms with Crippen LogP contribution in [0.5, 0.6) is 11.5 Å². The van der Waals surface area contributed by atoms with E-state index in [1.807, 2.05) is 0 Å². The van der Waals surface area contributed by atoms with Crippen LogP contribution in [0.3, 0.4) is 0 Å². The summed E-state index contributed by atoms with van der Waals surface area (Å²) in [7, 11) is 3.18. The van der Waals surface area contributed by atoms with Gasteiger partial charge in [0.1, 0.15) is 24.7 Å². The van der Waals surface area contributed by atoms with E-state index >= 15 is 0 Å². The van der Waals surface area contributed by atoms with Crippen LogP contribution in [0.4, 0.5) is 0 Å². The molecule has 0 atom stereocenters. The number of carbonyl (C=O) groups excluding carboxylic acids is 2. The fraction of sp³-hybridized carbons (Fsp3) is 0.333. The molecular formula is C21H26O6. The standard InChI is InChI=1S/C20H22O6.CH4/c1-23-11-13-25-17-7-3-15(4-8-17)19(21)20(22)16-5-9-18(10-6-16)26-14-12-24-2;/h3-10H,11-14H2,1-2H3;1H4. The van der Waals surface area contributed by atoms with Gasteiger partial charge in [-0.2, -0.15) is 0 Å². The number of hydrogen-bond donors (Lipinski definition) is 0. The molecule has 2 rings (SSSR count). The molecule has 0 unspecified atom stereocenters. The summed E-state index contributed by atoms with van der Waals surface area (Å²) >= 11 is 0. The predicted molar refractivity (Wildman–Crippen MR) is 103 cm³/mol. The van der Waals surface area contributed by atoms with Crippen LogP contribution in [0.2, 0.25) is 0 Å². The number of rotatable bonds is 11. The van der Waals surface area contributed by atoms with E-state index in [0.717, 1.165) is 0 Å². The molecule has 0 aliphatic rings. The summed E-state index contributed by atoms with van der Waals surface area (Å²) in [4.78, 5) is 24.7. The first-order valence-electron chi connectivity index (χ1n) is 8.18. The summed E-state index contributed by atoms with van der Waals surface area (Å²) in [6.45, 7) is 1.79. The van der Waals surface area contributed by atoms with Crippen molar-refractivity contribution in [1.29, 1.82) is 0 Å². The van der Waals surface area contributed by atoms with Crippen molar-refractivity contribution in [3.63, 3.8) is 0 Å². The van der Waals surface area contributed by atoms with Gasteiger partial charge >= 0.3 is 0 Å². The van der Waals surface area contributed by atoms with Crippen LogP contribution in [0, 0.1) is 0 Å². The van der Waals surface area contributed by atoms with Gasteiger partial charge in [0.05, 0.1) is 13.2 Å². The summed E-state index contributed by atoms with van der Waals surface area (Å²) in [5.74, 6) is 0.0928. The molecule has 6 heteroatoms. The lowest BCUT2D eigenvalue weighted by molar-refractivity contribution is 0.0817. The third kappa shape index (κ3) is 6.84. The maximum atomic E-state index is 12.4. The minimum atomic E-state index is -0.568. The van der Waals surface area contributed by atoms with E-state index in [1.54, 1.807) is 62.8 Å². The van der Waals surface area contributed by atoms with Gasteiger partial charge in [-0.15, -0.1) is 0 Å². The second-order valence-corrected chi connectivity index (χ2v) is 5.39. The van der Waals surface area contributed by atoms with Crippen molar-refractivity contribution in [2.45, 2.75) is 7.43 Å². The van der Waals surface area contributed by atoms with Crippen molar-refractivity contribution in [2.24, 2.45) is 0 Å². The molecule has 146 valence electrons. The van der Waals surface area contributed by atoms with Crippen LogP contribution >= 0.6 is 0 Å². The van der Waals surface area contributed by atoms with Crippen LogP contribution in [-0.4, -0.2) is 52.2 Å². The molecule has 0 N–H and O–H groups in total.